The number of aryl methyl sites for hydroxylation is 2. The maximum Gasteiger partial charge on any atom is 0.247 e. The van der Waals surface area contributed by atoms with Crippen LogP contribution in [0.2, 0.25) is 0 Å². The molecule has 3 heterocycles. The number of nitrogens with zero attached hydrogens (tertiary/aromatic N) is 3. The lowest BCUT2D eigenvalue weighted by atomic mass is 9.88. The van der Waals surface area contributed by atoms with E-state index in [1.165, 1.54) is 0 Å². The Morgan fingerprint density at radius 1 is 1.50 bits per heavy atom. The minimum absolute atomic E-state index is 0.0219. The highest BCUT2D eigenvalue weighted by molar-refractivity contribution is 6.03. The van der Waals surface area contributed by atoms with Gasteiger partial charge in [-0.15, -0.1) is 0 Å². The average molecular weight is 248 g/mol. The number of carbonyl (C=O) groups is 1. The quantitative estimate of drug-likeness (QED) is 0.820. The van der Waals surface area contributed by atoms with Gasteiger partial charge in [0.25, 0.3) is 0 Å². The fraction of sp³-hybridized carbons (Fsp3) is 0.692. The Labute approximate surface area is 107 Å². The van der Waals surface area contributed by atoms with Crippen molar-refractivity contribution in [2.24, 2.45) is 13.0 Å². The molecule has 1 fully saturated rings. The van der Waals surface area contributed by atoms with E-state index in [9.17, 15) is 4.79 Å². The normalized spacial score (nSPS) is 26.6. The first kappa shape index (κ1) is 11.6. The average Bonchev–Trinajstić information content (AvgIpc) is 2.66. The zero-order valence-electron chi connectivity index (χ0n) is 11.2. The monoisotopic (exact) mass is 248 g/mol. The van der Waals surface area contributed by atoms with Gasteiger partial charge in [0.15, 0.2) is 5.82 Å². The van der Waals surface area contributed by atoms with E-state index in [1.807, 2.05) is 11.7 Å². The second-order valence-electron chi connectivity index (χ2n) is 5.37. The van der Waals surface area contributed by atoms with Crippen LogP contribution in [0.5, 0.6) is 0 Å². The molecule has 1 aromatic rings. The second kappa shape index (κ2) is 4.00. The Morgan fingerprint density at radius 2 is 2.28 bits per heavy atom. The Morgan fingerprint density at radius 3 is 3.00 bits per heavy atom. The van der Waals surface area contributed by atoms with Crippen molar-refractivity contribution in [1.82, 2.24) is 9.78 Å². The van der Waals surface area contributed by atoms with E-state index in [0.717, 1.165) is 43.0 Å². The van der Waals surface area contributed by atoms with Gasteiger partial charge in [0, 0.05) is 13.6 Å². The zero-order chi connectivity index (χ0) is 12.9. The van der Waals surface area contributed by atoms with Gasteiger partial charge in [-0.1, -0.05) is 13.8 Å². The van der Waals surface area contributed by atoms with Crippen molar-refractivity contribution < 1.29 is 4.79 Å². The lowest BCUT2D eigenvalue weighted by molar-refractivity contribution is -0.119. The number of amides is 1. The molecule has 0 saturated carbocycles. The van der Waals surface area contributed by atoms with Gasteiger partial charge in [-0.25, -0.2) is 0 Å². The smallest absolute Gasteiger partial charge is 0.247 e. The molecule has 98 valence electrons. The largest absolute Gasteiger partial charge is 0.343 e. The maximum absolute atomic E-state index is 12.3. The van der Waals surface area contributed by atoms with Crippen molar-refractivity contribution >= 4 is 17.4 Å². The minimum Gasteiger partial charge on any atom is -0.343 e. The molecular weight excluding hydrogens is 228 g/mol. The fourth-order valence-corrected chi connectivity index (χ4v) is 3.30. The van der Waals surface area contributed by atoms with Crippen molar-refractivity contribution in [3.63, 3.8) is 0 Å². The van der Waals surface area contributed by atoms with Crippen LogP contribution in [0.3, 0.4) is 0 Å². The molecule has 18 heavy (non-hydrogen) atoms. The molecule has 5 nitrogen and oxygen atoms in total. The number of carbonyl (C=O) groups excluding carboxylic acids is 1. The predicted octanol–water partition coefficient (Wildman–Crippen LogP) is 1.54. The summed E-state index contributed by atoms with van der Waals surface area (Å²) in [5, 5.41) is 7.59. The van der Waals surface area contributed by atoms with Crippen molar-refractivity contribution in [3.8, 4) is 0 Å². The van der Waals surface area contributed by atoms with E-state index in [4.69, 9.17) is 0 Å². The predicted molar refractivity (Wildman–Crippen MR) is 70.7 cm³/mol. The van der Waals surface area contributed by atoms with Crippen molar-refractivity contribution in [2.45, 2.75) is 39.2 Å². The highest BCUT2D eigenvalue weighted by Crippen LogP contribution is 2.39. The Balaban J connectivity index is 2.11. The summed E-state index contributed by atoms with van der Waals surface area (Å²) >= 11 is 0. The first-order valence-corrected chi connectivity index (χ1v) is 6.76. The molecule has 3 rings (SSSR count). The van der Waals surface area contributed by atoms with Crippen LogP contribution in [0.15, 0.2) is 0 Å². The molecule has 1 amide bonds. The zero-order valence-corrected chi connectivity index (χ0v) is 11.2. The van der Waals surface area contributed by atoms with E-state index >= 15 is 0 Å². The molecule has 2 aliphatic heterocycles. The third-order valence-electron chi connectivity index (χ3n) is 4.15. The highest BCUT2D eigenvalue weighted by Gasteiger charge is 2.41. The summed E-state index contributed by atoms with van der Waals surface area (Å²) in [6.07, 6.45) is 3.12. The number of hydrogen-bond donors (Lipinski definition) is 1. The van der Waals surface area contributed by atoms with Gasteiger partial charge in [0.05, 0.1) is 5.69 Å². The number of rotatable bonds is 1. The van der Waals surface area contributed by atoms with Gasteiger partial charge in [0.2, 0.25) is 5.91 Å². The fourth-order valence-electron chi connectivity index (χ4n) is 3.30. The number of piperidine rings is 1. The van der Waals surface area contributed by atoms with E-state index in [2.05, 4.69) is 29.2 Å². The first-order chi connectivity index (χ1) is 8.63. The molecule has 1 N–H and O–H groups in total. The highest BCUT2D eigenvalue weighted by atomic mass is 16.2. The van der Waals surface area contributed by atoms with Crippen LogP contribution in [0, 0.1) is 5.92 Å². The standard InChI is InChI=1S/C13H20N4O/c1-4-9-10-13(16(3)15-9)17-7-5-6-8(2)11(17)12(18)14-10/h8,11H,4-7H2,1-3H3,(H,14,18). The Bertz CT molecular complexity index is 493. The van der Waals surface area contributed by atoms with Crippen molar-refractivity contribution in [2.75, 3.05) is 16.8 Å². The molecule has 2 aliphatic rings. The van der Waals surface area contributed by atoms with E-state index in [0.29, 0.717) is 5.92 Å². The van der Waals surface area contributed by atoms with Gasteiger partial charge in [-0.3, -0.25) is 9.48 Å². The number of fused-ring (bicyclic) bond motifs is 3. The van der Waals surface area contributed by atoms with Gasteiger partial charge in [0.1, 0.15) is 11.7 Å². The summed E-state index contributed by atoms with van der Waals surface area (Å²) in [5.74, 6) is 1.63. The van der Waals surface area contributed by atoms with E-state index in [-0.39, 0.29) is 11.9 Å². The topological polar surface area (TPSA) is 50.2 Å². The van der Waals surface area contributed by atoms with Crippen LogP contribution < -0.4 is 10.2 Å². The SMILES string of the molecule is CCc1nn(C)c2c1NC(=O)C1C(C)CCCN21. The van der Waals surface area contributed by atoms with Gasteiger partial charge < -0.3 is 10.2 Å². The Kier molecular flexibility index (Phi) is 2.57. The summed E-state index contributed by atoms with van der Waals surface area (Å²) in [4.78, 5) is 14.5. The summed E-state index contributed by atoms with van der Waals surface area (Å²) < 4.78 is 1.92. The van der Waals surface area contributed by atoms with E-state index < -0.39 is 0 Å². The molecule has 0 aromatic carbocycles. The first-order valence-electron chi connectivity index (χ1n) is 6.76. The molecule has 0 aliphatic carbocycles. The van der Waals surface area contributed by atoms with Crippen LogP contribution in [0.25, 0.3) is 0 Å². The molecule has 1 aromatic heterocycles. The van der Waals surface area contributed by atoms with Crippen LogP contribution in [0.1, 0.15) is 32.4 Å². The molecule has 5 heteroatoms. The number of nitrogens with one attached hydrogen (secondary N) is 1. The molecule has 2 unspecified atom stereocenters. The van der Waals surface area contributed by atoms with Crippen LogP contribution >= 0.6 is 0 Å². The summed E-state index contributed by atoms with van der Waals surface area (Å²) in [7, 11) is 1.96. The van der Waals surface area contributed by atoms with Gasteiger partial charge in [-0.2, -0.15) is 5.10 Å². The van der Waals surface area contributed by atoms with E-state index in [1.54, 1.807) is 0 Å². The van der Waals surface area contributed by atoms with Gasteiger partial charge >= 0.3 is 0 Å². The summed E-state index contributed by atoms with van der Waals surface area (Å²) in [6, 6.07) is -0.0219. The Hall–Kier alpha value is -1.52. The third kappa shape index (κ3) is 1.46. The van der Waals surface area contributed by atoms with Crippen molar-refractivity contribution in [1.29, 1.82) is 0 Å². The second-order valence-corrected chi connectivity index (χ2v) is 5.37. The number of hydrogen-bond acceptors (Lipinski definition) is 3. The van der Waals surface area contributed by atoms with Gasteiger partial charge in [-0.05, 0) is 25.2 Å². The minimum atomic E-state index is -0.0219. The lowest BCUT2D eigenvalue weighted by Gasteiger charge is -2.43. The summed E-state index contributed by atoms with van der Waals surface area (Å²) in [6.45, 7) is 5.19. The third-order valence-corrected chi connectivity index (χ3v) is 4.15. The lowest BCUT2D eigenvalue weighted by Crippen LogP contribution is -2.54. The molecule has 2 atom stereocenters. The molecule has 1 saturated heterocycles. The number of aromatic nitrogens is 2. The molecule has 0 radical (unpaired) electrons. The van der Waals surface area contributed by atoms with Crippen LogP contribution in [0.4, 0.5) is 11.5 Å². The van der Waals surface area contributed by atoms with Crippen molar-refractivity contribution in [3.05, 3.63) is 5.69 Å². The molecule has 0 spiro atoms. The van der Waals surface area contributed by atoms with Crippen LogP contribution in [-0.4, -0.2) is 28.3 Å². The molecule has 0 bridgehead atoms. The molecular formula is C13H20N4O. The van der Waals surface area contributed by atoms with Crippen LogP contribution in [-0.2, 0) is 18.3 Å². The maximum atomic E-state index is 12.3. The number of anilines is 2. The summed E-state index contributed by atoms with van der Waals surface area (Å²) in [5.41, 5.74) is 1.91.